The summed E-state index contributed by atoms with van der Waals surface area (Å²) < 4.78 is 2.25. The average Bonchev–Trinajstić information content (AvgIpc) is 3.76. The summed E-state index contributed by atoms with van der Waals surface area (Å²) in [6.07, 6.45) is 2.00. The quantitative estimate of drug-likeness (QED) is 0.169. The average molecular weight is 768 g/mol. The van der Waals surface area contributed by atoms with Crippen molar-refractivity contribution in [2.45, 2.75) is 19.3 Å². The monoisotopic (exact) mass is 767 g/mol. The maximum absolute atomic E-state index is 9.75. The number of pyridine rings is 1. The lowest BCUT2D eigenvalue weighted by Crippen LogP contribution is -2.15. The van der Waals surface area contributed by atoms with Gasteiger partial charge in [0.1, 0.15) is 5.65 Å². The third-order valence-corrected chi connectivity index (χ3v) is 12.1. The van der Waals surface area contributed by atoms with Crippen molar-refractivity contribution in [3.05, 3.63) is 205 Å². The van der Waals surface area contributed by atoms with Gasteiger partial charge in [-0.1, -0.05) is 129 Å². The molecule has 5 nitrogen and oxygen atoms in total. The molecule has 7 aromatic carbocycles. The molecule has 1 aliphatic rings. The number of aromatic nitrogens is 4. The van der Waals surface area contributed by atoms with Crippen LogP contribution < -0.4 is 0 Å². The maximum Gasteiger partial charge on any atom is 0.160 e. The van der Waals surface area contributed by atoms with Gasteiger partial charge in [-0.05, 0) is 106 Å². The molecule has 0 amide bonds. The predicted octanol–water partition coefficient (Wildman–Crippen LogP) is 13.5. The third kappa shape index (κ3) is 5.81. The summed E-state index contributed by atoms with van der Waals surface area (Å²) in [5, 5.41) is 12.0. The van der Waals surface area contributed by atoms with Gasteiger partial charge in [-0.3, -0.25) is 4.57 Å². The molecule has 0 N–H and O–H groups in total. The van der Waals surface area contributed by atoms with Gasteiger partial charge in [0.05, 0.1) is 28.5 Å². The van der Waals surface area contributed by atoms with E-state index in [-0.39, 0.29) is 5.41 Å². The molecule has 60 heavy (non-hydrogen) atoms. The fourth-order valence-corrected chi connectivity index (χ4v) is 9.00. The van der Waals surface area contributed by atoms with Crippen molar-refractivity contribution in [1.29, 1.82) is 5.26 Å². The minimum atomic E-state index is -0.280. The van der Waals surface area contributed by atoms with Crippen LogP contribution in [0.25, 0.3) is 94.9 Å². The van der Waals surface area contributed by atoms with Crippen molar-refractivity contribution in [3.63, 3.8) is 0 Å². The maximum atomic E-state index is 9.75. The molecule has 3 heterocycles. The highest BCUT2D eigenvalue weighted by Crippen LogP contribution is 2.50. The molecule has 5 heteroatoms. The fraction of sp³-hybridized carbons (Fsp3) is 0.0545. The Kier molecular flexibility index (Phi) is 8.14. The van der Waals surface area contributed by atoms with Crippen LogP contribution in [0.3, 0.4) is 0 Å². The molecule has 0 unspecified atom stereocenters. The van der Waals surface area contributed by atoms with E-state index in [4.69, 9.17) is 15.0 Å². The number of fused-ring (bicyclic) bond motifs is 6. The van der Waals surface area contributed by atoms with E-state index in [0.717, 1.165) is 78.0 Å². The summed E-state index contributed by atoms with van der Waals surface area (Å²) >= 11 is 0. The van der Waals surface area contributed by atoms with Crippen molar-refractivity contribution < 1.29 is 0 Å². The van der Waals surface area contributed by atoms with Crippen LogP contribution in [0.5, 0.6) is 0 Å². The van der Waals surface area contributed by atoms with Gasteiger partial charge in [0.2, 0.25) is 0 Å². The highest BCUT2D eigenvalue weighted by Gasteiger charge is 2.36. The summed E-state index contributed by atoms with van der Waals surface area (Å²) in [5.41, 5.74) is 17.2. The first kappa shape index (κ1) is 35.2. The first-order valence-electron chi connectivity index (χ1n) is 20.2. The molecule has 0 spiro atoms. The van der Waals surface area contributed by atoms with Crippen molar-refractivity contribution >= 4 is 21.9 Å². The molecular weight excluding hydrogens is 731 g/mol. The van der Waals surface area contributed by atoms with E-state index >= 15 is 0 Å². The van der Waals surface area contributed by atoms with E-state index in [0.29, 0.717) is 11.4 Å². The number of rotatable bonds is 6. The minimum Gasteiger partial charge on any atom is -0.294 e. The van der Waals surface area contributed by atoms with E-state index in [1.807, 2.05) is 54.7 Å². The summed E-state index contributed by atoms with van der Waals surface area (Å²) in [6.45, 7) is 4.52. The van der Waals surface area contributed by atoms with Gasteiger partial charge in [-0.15, -0.1) is 0 Å². The number of nitrogens with zero attached hydrogens (tertiary/aromatic N) is 5. The molecule has 3 aromatic heterocycles. The topological polar surface area (TPSA) is 67.4 Å². The summed E-state index contributed by atoms with van der Waals surface area (Å²) in [5.74, 6) is 0.671. The standard InChI is InChI=1S/C55H37N5/c1-55(2)48-26-35(33-56)22-24-44(48)45-25-23-38(31-49(45)55)39-27-40(42-30-47-46-20-12-13-21-52(46)60(54(47)57-34-42)43-18-10-5-11-19-43)29-41(28-39)51-32-50(36-14-6-3-7-15-36)58-53(59-51)37-16-8-4-9-17-37/h3-32,34H,1-2H3. The molecule has 0 saturated carbocycles. The third-order valence-electron chi connectivity index (χ3n) is 12.1. The molecule has 0 bridgehead atoms. The number of para-hydroxylation sites is 2. The van der Waals surface area contributed by atoms with E-state index in [1.165, 1.54) is 22.3 Å². The first-order valence-corrected chi connectivity index (χ1v) is 20.2. The predicted molar refractivity (Wildman–Crippen MR) is 244 cm³/mol. The normalized spacial score (nSPS) is 12.6. The summed E-state index contributed by atoms with van der Waals surface area (Å²) in [7, 11) is 0. The van der Waals surface area contributed by atoms with Crippen molar-refractivity contribution in [3.8, 4) is 79.0 Å². The van der Waals surface area contributed by atoms with Crippen molar-refractivity contribution in [2.24, 2.45) is 0 Å². The molecule has 0 fully saturated rings. The van der Waals surface area contributed by atoms with Crippen LogP contribution in [-0.4, -0.2) is 19.5 Å². The van der Waals surface area contributed by atoms with Gasteiger partial charge in [0.25, 0.3) is 0 Å². The van der Waals surface area contributed by atoms with Crippen LogP contribution in [0.2, 0.25) is 0 Å². The number of nitriles is 1. The van der Waals surface area contributed by atoms with Crippen LogP contribution >= 0.6 is 0 Å². The van der Waals surface area contributed by atoms with Gasteiger partial charge in [0.15, 0.2) is 5.82 Å². The number of hydrogen-bond acceptors (Lipinski definition) is 4. The Morgan fingerprint density at radius 1 is 0.483 bits per heavy atom. The highest BCUT2D eigenvalue weighted by atomic mass is 15.0. The van der Waals surface area contributed by atoms with Crippen LogP contribution in [0.4, 0.5) is 0 Å². The molecule has 0 saturated heterocycles. The zero-order valence-electron chi connectivity index (χ0n) is 33.1. The van der Waals surface area contributed by atoms with Gasteiger partial charge in [-0.25, -0.2) is 15.0 Å². The Morgan fingerprint density at radius 3 is 1.82 bits per heavy atom. The number of benzene rings is 7. The molecule has 282 valence electrons. The smallest absolute Gasteiger partial charge is 0.160 e. The lowest BCUT2D eigenvalue weighted by Gasteiger charge is -2.22. The Bertz CT molecular complexity index is 3280. The molecule has 0 radical (unpaired) electrons. The Hall–Kier alpha value is -7.94. The second kappa shape index (κ2) is 13.9. The molecule has 1 aliphatic carbocycles. The largest absolute Gasteiger partial charge is 0.294 e. The number of hydrogen-bond donors (Lipinski definition) is 0. The zero-order valence-corrected chi connectivity index (χ0v) is 33.1. The molecule has 0 atom stereocenters. The second-order valence-electron chi connectivity index (χ2n) is 16.0. The van der Waals surface area contributed by atoms with Crippen LogP contribution in [0.1, 0.15) is 30.5 Å². The SMILES string of the molecule is CC1(C)c2cc(C#N)ccc2-c2ccc(-c3cc(-c4cnc5c(c4)c4ccccc4n5-c4ccccc4)cc(-c4cc(-c5ccccc5)nc(-c5ccccc5)n4)c3)cc21. The lowest BCUT2D eigenvalue weighted by molar-refractivity contribution is 0.660. The molecule has 10 aromatic rings. The summed E-state index contributed by atoms with van der Waals surface area (Å²) in [4.78, 5) is 15.6. The fourth-order valence-electron chi connectivity index (χ4n) is 9.00. The van der Waals surface area contributed by atoms with Gasteiger partial charge in [-0.2, -0.15) is 5.26 Å². The molecule has 0 aliphatic heterocycles. The lowest BCUT2D eigenvalue weighted by atomic mass is 9.81. The van der Waals surface area contributed by atoms with E-state index in [9.17, 15) is 5.26 Å². The first-order chi connectivity index (χ1) is 29.4. The zero-order chi connectivity index (χ0) is 40.4. The molecule has 11 rings (SSSR count). The Balaban J connectivity index is 1.14. The van der Waals surface area contributed by atoms with Gasteiger partial charge >= 0.3 is 0 Å². The minimum absolute atomic E-state index is 0.280. The van der Waals surface area contributed by atoms with Crippen molar-refractivity contribution in [2.75, 3.05) is 0 Å². The Morgan fingerprint density at radius 2 is 1.08 bits per heavy atom. The van der Waals surface area contributed by atoms with Gasteiger partial charge in [0, 0.05) is 50.3 Å². The van der Waals surface area contributed by atoms with Gasteiger partial charge < -0.3 is 0 Å². The summed E-state index contributed by atoms with van der Waals surface area (Å²) in [6, 6.07) is 65.9. The molecular formula is C55H37N5. The Labute approximate surface area is 348 Å². The van der Waals surface area contributed by atoms with E-state index in [1.54, 1.807) is 0 Å². The van der Waals surface area contributed by atoms with Crippen LogP contribution in [0, 0.1) is 11.3 Å². The van der Waals surface area contributed by atoms with E-state index in [2.05, 4.69) is 158 Å². The van der Waals surface area contributed by atoms with Crippen LogP contribution in [0.15, 0.2) is 188 Å². The van der Waals surface area contributed by atoms with Crippen LogP contribution in [-0.2, 0) is 5.41 Å². The van der Waals surface area contributed by atoms with E-state index < -0.39 is 0 Å². The van der Waals surface area contributed by atoms with Crippen molar-refractivity contribution in [1.82, 2.24) is 19.5 Å². The highest BCUT2D eigenvalue weighted by molar-refractivity contribution is 6.09. The second-order valence-corrected chi connectivity index (χ2v) is 16.0.